The number of rotatable bonds is 3. The van der Waals surface area contributed by atoms with Crippen molar-refractivity contribution in [3.8, 4) is 0 Å². The molecule has 23 heavy (non-hydrogen) atoms. The number of nitrogens with one attached hydrogen (secondary N) is 1. The minimum atomic E-state index is -0.0537. The number of pyridine rings is 1. The molecule has 0 aliphatic heterocycles. The summed E-state index contributed by atoms with van der Waals surface area (Å²) in [6.45, 7) is 0. The maximum atomic E-state index is 12.4. The van der Waals surface area contributed by atoms with Crippen LogP contribution in [0.5, 0.6) is 0 Å². The van der Waals surface area contributed by atoms with Crippen molar-refractivity contribution in [1.82, 2.24) is 14.5 Å². The summed E-state index contributed by atoms with van der Waals surface area (Å²) in [6, 6.07) is 2.19. The van der Waals surface area contributed by atoms with Crippen LogP contribution < -0.4 is 16.6 Å². The summed E-state index contributed by atoms with van der Waals surface area (Å²) in [7, 11) is 0. The summed E-state index contributed by atoms with van der Waals surface area (Å²) in [6.07, 6.45) is 11.1. The Labute approximate surface area is 135 Å². The Balaban J connectivity index is 1.75. The molecule has 122 valence electrons. The number of nitrogens with two attached hydrogens (primary N) is 1. The smallest absolute Gasteiger partial charge is 0.254 e. The lowest BCUT2D eigenvalue weighted by atomic mass is 9.92. The number of anilines is 2. The van der Waals surface area contributed by atoms with Crippen LogP contribution in [-0.4, -0.2) is 20.6 Å². The van der Waals surface area contributed by atoms with Gasteiger partial charge in [-0.1, -0.05) is 19.3 Å². The van der Waals surface area contributed by atoms with E-state index in [1.807, 2.05) is 4.57 Å². The van der Waals surface area contributed by atoms with Crippen LogP contribution in [0.4, 0.5) is 11.6 Å². The molecule has 4 rings (SSSR count). The molecule has 2 aromatic rings. The van der Waals surface area contributed by atoms with Crippen LogP contribution in [-0.2, 0) is 0 Å². The fourth-order valence-electron chi connectivity index (χ4n) is 3.64. The van der Waals surface area contributed by atoms with Gasteiger partial charge in [-0.3, -0.25) is 9.36 Å². The van der Waals surface area contributed by atoms with Gasteiger partial charge >= 0.3 is 0 Å². The average molecular weight is 313 g/mol. The van der Waals surface area contributed by atoms with Crippen molar-refractivity contribution in [1.29, 1.82) is 0 Å². The Morgan fingerprint density at radius 1 is 1.13 bits per heavy atom. The molecule has 6 heteroatoms. The van der Waals surface area contributed by atoms with E-state index in [1.54, 1.807) is 6.20 Å². The van der Waals surface area contributed by atoms with E-state index in [2.05, 4.69) is 15.3 Å². The first kappa shape index (κ1) is 14.5. The molecule has 0 amide bonds. The predicted octanol–water partition coefficient (Wildman–Crippen LogP) is 2.84. The summed E-state index contributed by atoms with van der Waals surface area (Å²) in [4.78, 5) is 21.5. The predicted molar refractivity (Wildman–Crippen MR) is 91.6 cm³/mol. The van der Waals surface area contributed by atoms with Gasteiger partial charge in [0.1, 0.15) is 0 Å². The molecule has 0 atom stereocenters. The van der Waals surface area contributed by atoms with Crippen LogP contribution in [0.15, 0.2) is 17.1 Å². The Hall–Kier alpha value is -2.11. The molecule has 2 fully saturated rings. The zero-order valence-corrected chi connectivity index (χ0v) is 13.3. The van der Waals surface area contributed by atoms with Gasteiger partial charge < -0.3 is 11.1 Å². The maximum absolute atomic E-state index is 12.4. The first-order valence-electron chi connectivity index (χ1n) is 8.66. The second-order valence-corrected chi connectivity index (χ2v) is 6.80. The zero-order valence-electron chi connectivity index (χ0n) is 13.3. The number of fused-ring (bicyclic) bond motifs is 1. The van der Waals surface area contributed by atoms with Gasteiger partial charge in [-0.25, -0.2) is 4.98 Å². The van der Waals surface area contributed by atoms with E-state index < -0.39 is 0 Å². The Kier molecular flexibility index (Phi) is 3.67. The monoisotopic (exact) mass is 313 g/mol. The molecule has 2 aliphatic rings. The van der Waals surface area contributed by atoms with Crippen LogP contribution in [0.3, 0.4) is 0 Å². The molecular weight excluding hydrogens is 290 g/mol. The molecular formula is C17H23N5O. The van der Waals surface area contributed by atoms with E-state index in [9.17, 15) is 4.79 Å². The lowest BCUT2D eigenvalue weighted by Crippen LogP contribution is -2.30. The third-order valence-electron chi connectivity index (χ3n) is 5.20. The van der Waals surface area contributed by atoms with Crippen LogP contribution in [0.2, 0.25) is 0 Å². The lowest BCUT2D eigenvalue weighted by Gasteiger charge is -2.29. The van der Waals surface area contributed by atoms with Gasteiger partial charge in [-0.15, -0.1) is 0 Å². The summed E-state index contributed by atoms with van der Waals surface area (Å²) in [5.74, 6) is 0.613. The molecule has 0 unspecified atom stereocenters. The number of nitrogens with zero attached hydrogens (tertiary/aromatic N) is 3. The second-order valence-electron chi connectivity index (χ2n) is 6.80. The molecule has 2 heterocycles. The van der Waals surface area contributed by atoms with Crippen molar-refractivity contribution in [2.45, 2.75) is 63.5 Å². The molecule has 3 N–H and O–H groups in total. The summed E-state index contributed by atoms with van der Waals surface area (Å²) >= 11 is 0. The van der Waals surface area contributed by atoms with Gasteiger partial charge in [0.15, 0.2) is 5.65 Å². The minimum Gasteiger partial charge on any atom is -0.398 e. The van der Waals surface area contributed by atoms with E-state index in [1.165, 1.54) is 31.7 Å². The normalized spacial score (nSPS) is 19.7. The molecule has 6 nitrogen and oxygen atoms in total. The van der Waals surface area contributed by atoms with Crippen LogP contribution in [0, 0.1) is 0 Å². The molecule has 2 saturated carbocycles. The van der Waals surface area contributed by atoms with E-state index >= 15 is 0 Å². The Morgan fingerprint density at radius 3 is 2.61 bits per heavy atom. The van der Waals surface area contributed by atoms with Gasteiger partial charge in [0.2, 0.25) is 5.95 Å². The van der Waals surface area contributed by atoms with Gasteiger partial charge in [-0.05, 0) is 32.1 Å². The van der Waals surface area contributed by atoms with E-state index in [4.69, 9.17) is 5.73 Å². The van der Waals surface area contributed by atoms with Crippen LogP contribution in [0.1, 0.15) is 57.4 Å². The van der Waals surface area contributed by atoms with Crippen molar-refractivity contribution in [2.24, 2.45) is 0 Å². The fraction of sp³-hybridized carbons (Fsp3) is 0.588. The summed E-state index contributed by atoms with van der Waals surface area (Å²) in [5.41, 5.74) is 7.09. The maximum Gasteiger partial charge on any atom is 0.254 e. The first-order chi connectivity index (χ1) is 11.2. The third-order valence-corrected chi connectivity index (χ3v) is 5.20. The molecule has 0 bridgehead atoms. The average Bonchev–Trinajstić information content (AvgIpc) is 2.50. The quantitative estimate of drug-likeness (QED) is 0.910. The zero-order chi connectivity index (χ0) is 15.8. The van der Waals surface area contributed by atoms with Gasteiger partial charge in [-0.2, -0.15) is 4.98 Å². The highest BCUT2D eigenvalue weighted by atomic mass is 16.1. The summed E-state index contributed by atoms with van der Waals surface area (Å²) in [5, 5.41) is 4.20. The Bertz CT molecular complexity index is 774. The van der Waals surface area contributed by atoms with E-state index in [0.717, 1.165) is 31.1 Å². The van der Waals surface area contributed by atoms with Gasteiger partial charge in [0, 0.05) is 30.0 Å². The SMILES string of the molecule is Nc1cc(=O)n(C2CCC2)c2nc(NC3CCCCC3)ncc12. The van der Waals surface area contributed by atoms with Gasteiger partial charge in [0.05, 0.1) is 5.39 Å². The number of hydrogen-bond acceptors (Lipinski definition) is 5. The second kappa shape index (κ2) is 5.83. The molecule has 0 radical (unpaired) electrons. The minimum absolute atomic E-state index is 0.0537. The lowest BCUT2D eigenvalue weighted by molar-refractivity contribution is 0.313. The van der Waals surface area contributed by atoms with Crippen molar-refractivity contribution in [3.05, 3.63) is 22.6 Å². The van der Waals surface area contributed by atoms with Crippen molar-refractivity contribution < 1.29 is 0 Å². The highest BCUT2D eigenvalue weighted by Crippen LogP contribution is 2.33. The molecule has 2 aromatic heterocycles. The molecule has 0 aromatic carbocycles. The number of hydrogen-bond donors (Lipinski definition) is 2. The van der Waals surface area contributed by atoms with Gasteiger partial charge in [0.25, 0.3) is 5.56 Å². The summed E-state index contributed by atoms with van der Waals surface area (Å²) < 4.78 is 1.81. The standard InChI is InChI=1S/C17H23N5O/c18-14-9-15(23)22(12-7-4-8-12)16-13(14)10-19-17(21-16)20-11-5-2-1-3-6-11/h9-12H,1-8,18H2,(H,19,20,21). The highest BCUT2D eigenvalue weighted by Gasteiger charge is 2.24. The topological polar surface area (TPSA) is 85.8 Å². The van der Waals surface area contributed by atoms with Crippen molar-refractivity contribution in [3.63, 3.8) is 0 Å². The largest absolute Gasteiger partial charge is 0.398 e. The number of nitrogen functional groups attached to an aromatic ring is 1. The first-order valence-corrected chi connectivity index (χ1v) is 8.66. The highest BCUT2D eigenvalue weighted by molar-refractivity contribution is 5.87. The van der Waals surface area contributed by atoms with E-state index in [-0.39, 0.29) is 11.6 Å². The third kappa shape index (κ3) is 2.66. The number of aromatic nitrogens is 3. The molecule has 2 aliphatic carbocycles. The van der Waals surface area contributed by atoms with Crippen LogP contribution >= 0.6 is 0 Å². The fourth-order valence-corrected chi connectivity index (χ4v) is 3.64. The Morgan fingerprint density at radius 2 is 1.91 bits per heavy atom. The molecule has 0 saturated heterocycles. The van der Waals surface area contributed by atoms with E-state index in [0.29, 0.717) is 23.3 Å². The van der Waals surface area contributed by atoms with Crippen molar-refractivity contribution in [2.75, 3.05) is 11.1 Å². The molecule has 0 spiro atoms. The van der Waals surface area contributed by atoms with Crippen molar-refractivity contribution >= 4 is 22.7 Å². The van der Waals surface area contributed by atoms with Crippen LogP contribution in [0.25, 0.3) is 11.0 Å².